The van der Waals surface area contributed by atoms with E-state index >= 15 is 0 Å². The SMILES string of the molecule is CCONC(=O)c1csc(COc2ccc(C)cc2)n1. The van der Waals surface area contributed by atoms with E-state index in [1.54, 1.807) is 12.3 Å². The number of carbonyl (C=O) groups is 1. The number of benzene rings is 1. The summed E-state index contributed by atoms with van der Waals surface area (Å²) >= 11 is 1.38. The standard InChI is InChI=1S/C14H16N2O3S/c1-3-19-16-14(17)12-9-20-13(15-12)8-18-11-6-4-10(2)5-7-11/h4-7,9H,3,8H2,1-2H3,(H,16,17). The number of rotatable bonds is 6. The maximum absolute atomic E-state index is 11.6. The summed E-state index contributed by atoms with van der Waals surface area (Å²) in [5.74, 6) is 0.441. The van der Waals surface area contributed by atoms with Crippen LogP contribution < -0.4 is 10.2 Å². The summed E-state index contributed by atoms with van der Waals surface area (Å²) in [5.41, 5.74) is 3.83. The van der Waals surface area contributed by atoms with Gasteiger partial charge in [-0.2, -0.15) is 0 Å². The third-order valence-electron chi connectivity index (χ3n) is 2.48. The first kappa shape index (κ1) is 14.5. The molecule has 1 amide bonds. The number of hydrogen-bond donors (Lipinski definition) is 1. The molecule has 106 valence electrons. The molecule has 2 aromatic rings. The largest absolute Gasteiger partial charge is 0.486 e. The lowest BCUT2D eigenvalue weighted by Gasteiger charge is -2.04. The first-order chi connectivity index (χ1) is 9.69. The Labute approximate surface area is 121 Å². The molecular formula is C14H16N2O3S. The first-order valence-electron chi connectivity index (χ1n) is 6.25. The maximum Gasteiger partial charge on any atom is 0.294 e. The molecule has 0 spiro atoms. The number of nitrogens with one attached hydrogen (secondary N) is 1. The molecule has 0 saturated carbocycles. The number of carbonyl (C=O) groups excluding carboxylic acids is 1. The number of hydroxylamine groups is 1. The zero-order chi connectivity index (χ0) is 14.4. The Kier molecular flexibility index (Phi) is 5.09. The summed E-state index contributed by atoms with van der Waals surface area (Å²) in [6.07, 6.45) is 0. The normalized spacial score (nSPS) is 10.3. The van der Waals surface area contributed by atoms with Gasteiger partial charge in [0.25, 0.3) is 5.91 Å². The van der Waals surface area contributed by atoms with Gasteiger partial charge in [0.2, 0.25) is 0 Å². The molecule has 0 atom stereocenters. The predicted octanol–water partition coefficient (Wildman–Crippen LogP) is 2.71. The van der Waals surface area contributed by atoms with Crippen LogP contribution in [0.5, 0.6) is 5.75 Å². The highest BCUT2D eigenvalue weighted by Gasteiger charge is 2.10. The second-order valence-corrected chi connectivity index (χ2v) is 5.04. The van der Waals surface area contributed by atoms with Crippen LogP contribution in [-0.4, -0.2) is 17.5 Å². The van der Waals surface area contributed by atoms with Crippen LogP contribution in [0.25, 0.3) is 0 Å². The molecule has 1 N–H and O–H groups in total. The summed E-state index contributed by atoms with van der Waals surface area (Å²) in [7, 11) is 0. The van der Waals surface area contributed by atoms with Crippen molar-refractivity contribution < 1.29 is 14.4 Å². The Morgan fingerprint density at radius 1 is 1.35 bits per heavy atom. The van der Waals surface area contributed by atoms with Crippen LogP contribution in [0, 0.1) is 6.92 Å². The third-order valence-corrected chi connectivity index (χ3v) is 3.30. The van der Waals surface area contributed by atoms with E-state index in [2.05, 4.69) is 10.5 Å². The minimum Gasteiger partial charge on any atom is -0.486 e. The first-order valence-corrected chi connectivity index (χ1v) is 7.13. The molecule has 1 aromatic heterocycles. The molecule has 0 bridgehead atoms. The van der Waals surface area contributed by atoms with E-state index in [1.807, 2.05) is 31.2 Å². The van der Waals surface area contributed by atoms with E-state index in [9.17, 15) is 4.79 Å². The lowest BCUT2D eigenvalue weighted by Crippen LogP contribution is -2.23. The summed E-state index contributed by atoms with van der Waals surface area (Å²) in [6.45, 7) is 4.57. The fourth-order valence-corrected chi connectivity index (χ4v) is 2.14. The zero-order valence-electron chi connectivity index (χ0n) is 11.4. The van der Waals surface area contributed by atoms with Gasteiger partial charge in [-0.15, -0.1) is 11.3 Å². The van der Waals surface area contributed by atoms with Gasteiger partial charge in [-0.1, -0.05) is 17.7 Å². The van der Waals surface area contributed by atoms with Crippen LogP contribution in [0.2, 0.25) is 0 Å². The highest BCUT2D eigenvalue weighted by molar-refractivity contribution is 7.09. The molecule has 5 nitrogen and oxygen atoms in total. The average Bonchev–Trinajstić information content (AvgIpc) is 2.93. The van der Waals surface area contributed by atoms with E-state index in [1.165, 1.54) is 16.9 Å². The van der Waals surface area contributed by atoms with Gasteiger partial charge in [-0.3, -0.25) is 9.63 Å². The van der Waals surface area contributed by atoms with E-state index < -0.39 is 0 Å². The maximum atomic E-state index is 11.6. The van der Waals surface area contributed by atoms with Crippen molar-refractivity contribution in [2.75, 3.05) is 6.61 Å². The van der Waals surface area contributed by atoms with Gasteiger partial charge in [-0.05, 0) is 26.0 Å². The van der Waals surface area contributed by atoms with Gasteiger partial charge in [0.1, 0.15) is 23.1 Å². The lowest BCUT2D eigenvalue weighted by atomic mass is 10.2. The minimum absolute atomic E-state index is 0.339. The second-order valence-electron chi connectivity index (χ2n) is 4.09. The van der Waals surface area contributed by atoms with Gasteiger partial charge in [0, 0.05) is 5.38 Å². The summed E-state index contributed by atoms with van der Waals surface area (Å²) in [5, 5.41) is 2.43. The Morgan fingerprint density at radius 3 is 2.80 bits per heavy atom. The fourth-order valence-electron chi connectivity index (χ4n) is 1.45. The highest BCUT2D eigenvalue weighted by atomic mass is 32.1. The smallest absolute Gasteiger partial charge is 0.294 e. The molecule has 0 aliphatic carbocycles. The summed E-state index contributed by atoms with van der Waals surface area (Å²) < 4.78 is 5.61. The van der Waals surface area contributed by atoms with E-state index in [0.29, 0.717) is 18.9 Å². The van der Waals surface area contributed by atoms with Crippen LogP contribution in [-0.2, 0) is 11.4 Å². The molecule has 6 heteroatoms. The number of hydrogen-bond acceptors (Lipinski definition) is 5. The quantitative estimate of drug-likeness (QED) is 0.832. The van der Waals surface area contributed by atoms with Crippen LogP contribution >= 0.6 is 11.3 Å². The number of amides is 1. The number of nitrogens with zero attached hydrogens (tertiary/aromatic N) is 1. The average molecular weight is 292 g/mol. The van der Waals surface area contributed by atoms with Crippen molar-refractivity contribution in [2.24, 2.45) is 0 Å². The van der Waals surface area contributed by atoms with Crippen molar-refractivity contribution in [3.8, 4) is 5.75 Å². The van der Waals surface area contributed by atoms with Crippen LogP contribution in [0.4, 0.5) is 0 Å². The highest BCUT2D eigenvalue weighted by Crippen LogP contribution is 2.16. The Bertz CT molecular complexity index is 566. The monoisotopic (exact) mass is 292 g/mol. The van der Waals surface area contributed by atoms with Gasteiger partial charge < -0.3 is 4.74 Å². The summed E-state index contributed by atoms with van der Waals surface area (Å²) in [4.78, 5) is 20.6. The predicted molar refractivity (Wildman–Crippen MR) is 76.7 cm³/mol. The minimum atomic E-state index is -0.343. The van der Waals surface area contributed by atoms with Crippen molar-refractivity contribution in [3.63, 3.8) is 0 Å². The van der Waals surface area contributed by atoms with E-state index in [-0.39, 0.29) is 5.91 Å². The second kappa shape index (κ2) is 7.02. The van der Waals surface area contributed by atoms with E-state index in [4.69, 9.17) is 9.57 Å². The van der Waals surface area contributed by atoms with Crippen molar-refractivity contribution in [2.45, 2.75) is 20.5 Å². The molecular weight excluding hydrogens is 276 g/mol. The molecule has 2 rings (SSSR count). The fraction of sp³-hybridized carbons (Fsp3) is 0.286. The van der Waals surface area contributed by atoms with Crippen molar-refractivity contribution in [3.05, 3.63) is 45.9 Å². The van der Waals surface area contributed by atoms with Crippen molar-refractivity contribution in [1.82, 2.24) is 10.5 Å². The lowest BCUT2D eigenvalue weighted by molar-refractivity contribution is 0.0360. The molecule has 0 saturated heterocycles. The Morgan fingerprint density at radius 2 is 2.10 bits per heavy atom. The molecule has 0 fully saturated rings. The Balaban J connectivity index is 1.89. The van der Waals surface area contributed by atoms with Gasteiger partial charge in [0.05, 0.1) is 6.61 Å². The Hall–Kier alpha value is -1.92. The number of aromatic nitrogens is 1. The topological polar surface area (TPSA) is 60.5 Å². The molecule has 0 aliphatic heterocycles. The molecule has 1 aromatic carbocycles. The number of ether oxygens (including phenoxy) is 1. The molecule has 20 heavy (non-hydrogen) atoms. The van der Waals surface area contributed by atoms with Crippen LogP contribution in [0.15, 0.2) is 29.6 Å². The molecule has 0 unspecified atom stereocenters. The van der Waals surface area contributed by atoms with E-state index in [0.717, 1.165) is 10.8 Å². The molecule has 0 radical (unpaired) electrons. The van der Waals surface area contributed by atoms with Gasteiger partial charge >= 0.3 is 0 Å². The van der Waals surface area contributed by atoms with Crippen molar-refractivity contribution >= 4 is 17.2 Å². The third kappa shape index (κ3) is 4.04. The van der Waals surface area contributed by atoms with Gasteiger partial charge in [0.15, 0.2) is 0 Å². The van der Waals surface area contributed by atoms with Crippen molar-refractivity contribution in [1.29, 1.82) is 0 Å². The number of thiazole rings is 1. The van der Waals surface area contributed by atoms with Crippen LogP contribution in [0.3, 0.4) is 0 Å². The zero-order valence-corrected chi connectivity index (χ0v) is 12.2. The summed E-state index contributed by atoms with van der Waals surface area (Å²) in [6, 6.07) is 7.79. The number of aryl methyl sites for hydroxylation is 1. The molecule has 1 heterocycles. The van der Waals surface area contributed by atoms with Gasteiger partial charge in [-0.25, -0.2) is 10.5 Å². The molecule has 0 aliphatic rings. The van der Waals surface area contributed by atoms with Crippen LogP contribution in [0.1, 0.15) is 28.0 Å².